The third-order valence-electron chi connectivity index (χ3n) is 6.33. The van der Waals surface area contributed by atoms with Crippen molar-refractivity contribution in [2.24, 2.45) is 5.16 Å². The highest BCUT2D eigenvalue weighted by Crippen LogP contribution is 2.35. The van der Waals surface area contributed by atoms with Gasteiger partial charge in [-0.05, 0) is 68.2 Å². The van der Waals surface area contributed by atoms with Crippen LogP contribution < -0.4 is 4.74 Å². The standard InChI is InChI=1S/C26H26F2N4O2/c1-16-14-31(15-29-16)23-7-6-18(10-24(23)33-3)9-19-5-4-8-32-17(2)25(34-30-26(19)32)20-11-21(27)13-22(28)12-20/h6-7,9-15,17,25H,4-5,8H2,1-3H3/b19-9+/t17-,25-/m0/s1. The van der Waals surface area contributed by atoms with E-state index in [2.05, 4.69) is 21.1 Å². The van der Waals surface area contributed by atoms with Gasteiger partial charge in [-0.15, -0.1) is 0 Å². The first-order valence-electron chi connectivity index (χ1n) is 11.3. The molecule has 6 nitrogen and oxygen atoms in total. The van der Waals surface area contributed by atoms with E-state index in [-0.39, 0.29) is 6.04 Å². The van der Waals surface area contributed by atoms with Crippen LogP contribution in [-0.2, 0) is 4.84 Å². The van der Waals surface area contributed by atoms with Gasteiger partial charge in [0, 0.05) is 24.4 Å². The van der Waals surface area contributed by atoms with Gasteiger partial charge in [0.1, 0.15) is 17.4 Å². The smallest absolute Gasteiger partial charge is 0.172 e. The fourth-order valence-electron chi connectivity index (χ4n) is 4.67. The number of aromatic nitrogens is 2. The quantitative estimate of drug-likeness (QED) is 0.517. The van der Waals surface area contributed by atoms with E-state index in [0.29, 0.717) is 5.56 Å². The van der Waals surface area contributed by atoms with Crippen LogP contribution in [0.15, 0.2) is 59.7 Å². The Labute approximate surface area is 197 Å². The number of methoxy groups -OCH3 is 1. The summed E-state index contributed by atoms with van der Waals surface area (Å²) in [6.45, 7) is 4.74. The van der Waals surface area contributed by atoms with Crippen molar-refractivity contribution in [1.82, 2.24) is 14.5 Å². The number of fused-ring (bicyclic) bond motifs is 1. The Bertz CT molecular complexity index is 1260. The van der Waals surface area contributed by atoms with Gasteiger partial charge in [-0.1, -0.05) is 11.2 Å². The van der Waals surface area contributed by atoms with Crippen LogP contribution in [0.4, 0.5) is 8.78 Å². The number of aryl methyl sites for hydroxylation is 1. The van der Waals surface area contributed by atoms with Crippen molar-refractivity contribution in [3.63, 3.8) is 0 Å². The molecule has 5 rings (SSSR count). The first-order chi connectivity index (χ1) is 16.4. The van der Waals surface area contributed by atoms with Crippen molar-refractivity contribution in [3.8, 4) is 11.4 Å². The molecular weight excluding hydrogens is 438 g/mol. The van der Waals surface area contributed by atoms with Crippen molar-refractivity contribution >= 4 is 11.9 Å². The van der Waals surface area contributed by atoms with E-state index in [4.69, 9.17) is 9.57 Å². The van der Waals surface area contributed by atoms with Crippen molar-refractivity contribution < 1.29 is 18.4 Å². The first kappa shape index (κ1) is 22.1. The molecule has 176 valence electrons. The molecule has 1 aromatic heterocycles. The van der Waals surface area contributed by atoms with Crippen LogP contribution in [0.5, 0.6) is 5.75 Å². The van der Waals surface area contributed by atoms with E-state index in [1.165, 1.54) is 12.1 Å². The average Bonchev–Trinajstić information content (AvgIpc) is 3.25. The molecule has 34 heavy (non-hydrogen) atoms. The second kappa shape index (κ2) is 8.93. The van der Waals surface area contributed by atoms with Gasteiger partial charge in [0.25, 0.3) is 0 Å². The molecule has 0 saturated carbocycles. The first-order valence-corrected chi connectivity index (χ1v) is 11.3. The van der Waals surface area contributed by atoms with Crippen molar-refractivity contribution in [3.05, 3.63) is 83.0 Å². The molecule has 0 N–H and O–H groups in total. The average molecular weight is 465 g/mol. The normalized spacial score (nSPS) is 21.1. The number of imidazole rings is 1. The molecule has 1 saturated heterocycles. The summed E-state index contributed by atoms with van der Waals surface area (Å²) in [6.07, 6.45) is 7.06. The molecule has 2 aliphatic heterocycles. The van der Waals surface area contributed by atoms with E-state index in [9.17, 15) is 8.78 Å². The Hall–Kier alpha value is -3.68. The van der Waals surface area contributed by atoms with Crippen LogP contribution in [0.2, 0.25) is 0 Å². The van der Waals surface area contributed by atoms with Crippen LogP contribution in [-0.4, -0.2) is 40.0 Å². The van der Waals surface area contributed by atoms with Crippen molar-refractivity contribution in [1.29, 1.82) is 0 Å². The van der Waals surface area contributed by atoms with Crippen molar-refractivity contribution in [2.45, 2.75) is 38.8 Å². The lowest BCUT2D eigenvalue weighted by Crippen LogP contribution is -2.49. The maximum atomic E-state index is 13.8. The lowest BCUT2D eigenvalue weighted by atomic mass is 9.95. The lowest BCUT2D eigenvalue weighted by molar-refractivity contribution is -0.0158. The number of nitrogens with zero attached hydrogens (tertiary/aromatic N) is 4. The zero-order valence-electron chi connectivity index (χ0n) is 19.3. The second-order valence-electron chi connectivity index (χ2n) is 8.70. The lowest BCUT2D eigenvalue weighted by Gasteiger charge is -2.42. The molecule has 8 heteroatoms. The van der Waals surface area contributed by atoms with Crippen LogP contribution in [0.25, 0.3) is 11.8 Å². The molecule has 0 amide bonds. The third-order valence-corrected chi connectivity index (χ3v) is 6.33. The summed E-state index contributed by atoms with van der Waals surface area (Å²) in [5, 5.41) is 4.39. The minimum absolute atomic E-state index is 0.126. The fraction of sp³-hybridized carbons (Fsp3) is 0.308. The minimum atomic E-state index is -0.622. The number of hydrogen-bond donors (Lipinski definition) is 0. The molecule has 2 atom stereocenters. The molecule has 0 radical (unpaired) electrons. The molecule has 2 aliphatic rings. The van der Waals surface area contributed by atoms with Gasteiger partial charge < -0.3 is 19.0 Å². The SMILES string of the molecule is COc1cc(/C=C2\CCCN3C2=NO[C@H](c2cc(F)cc(F)c2)[C@@H]3C)ccc1-n1cnc(C)c1. The number of halogens is 2. The van der Waals surface area contributed by atoms with Gasteiger partial charge >= 0.3 is 0 Å². The van der Waals surface area contributed by atoms with E-state index in [1.807, 2.05) is 42.8 Å². The van der Waals surface area contributed by atoms with E-state index < -0.39 is 17.7 Å². The highest BCUT2D eigenvalue weighted by Gasteiger charge is 2.37. The minimum Gasteiger partial charge on any atom is -0.495 e. The Balaban J connectivity index is 1.45. The molecule has 0 bridgehead atoms. The van der Waals surface area contributed by atoms with E-state index in [0.717, 1.165) is 59.6 Å². The second-order valence-corrected chi connectivity index (χ2v) is 8.70. The number of amidine groups is 1. The predicted octanol–water partition coefficient (Wildman–Crippen LogP) is 5.42. The van der Waals surface area contributed by atoms with Gasteiger partial charge in [-0.3, -0.25) is 0 Å². The molecule has 0 aliphatic carbocycles. The number of rotatable bonds is 4. The summed E-state index contributed by atoms with van der Waals surface area (Å²) in [5.74, 6) is 0.258. The Morgan fingerprint density at radius 1 is 1.15 bits per heavy atom. The molecule has 0 spiro atoms. The summed E-state index contributed by atoms with van der Waals surface area (Å²) < 4.78 is 35.1. The molecular formula is C26H26F2N4O2. The topological polar surface area (TPSA) is 51.9 Å². The molecule has 3 aromatic rings. The molecule has 2 aromatic carbocycles. The number of hydrogen-bond acceptors (Lipinski definition) is 5. The third kappa shape index (κ3) is 4.16. The summed E-state index contributed by atoms with van der Waals surface area (Å²) in [5.41, 5.74) is 4.32. The maximum Gasteiger partial charge on any atom is 0.172 e. The maximum absolute atomic E-state index is 13.8. The zero-order valence-corrected chi connectivity index (χ0v) is 19.3. The van der Waals surface area contributed by atoms with E-state index >= 15 is 0 Å². The number of benzene rings is 2. The van der Waals surface area contributed by atoms with Gasteiger partial charge in [0.2, 0.25) is 0 Å². The number of oxime groups is 1. The molecule has 0 unspecified atom stereocenters. The highest BCUT2D eigenvalue weighted by molar-refractivity contribution is 6.03. The largest absolute Gasteiger partial charge is 0.495 e. The van der Waals surface area contributed by atoms with Gasteiger partial charge in [-0.25, -0.2) is 13.8 Å². The predicted molar refractivity (Wildman–Crippen MR) is 126 cm³/mol. The summed E-state index contributed by atoms with van der Waals surface area (Å²) in [7, 11) is 1.65. The summed E-state index contributed by atoms with van der Waals surface area (Å²) >= 11 is 0. The monoisotopic (exact) mass is 464 g/mol. The zero-order chi connectivity index (χ0) is 23.8. The van der Waals surface area contributed by atoms with Crippen LogP contribution in [0.1, 0.15) is 42.7 Å². The van der Waals surface area contributed by atoms with Gasteiger partial charge in [-0.2, -0.15) is 0 Å². The van der Waals surface area contributed by atoms with Crippen LogP contribution in [0.3, 0.4) is 0 Å². The van der Waals surface area contributed by atoms with Crippen LogP contribution >= 0.6 is 0 Å². The summed E-state index contributed by atoms with van der Waals surface area (Å²) in [4.78, 5) is 12.2. The Kier molecular flexibility index (Phi) is 5.81. The molecule has 3 heterocycles. The highest BCUT2D eigenvalue weighted by atomic mass is 19.1. The molecule has 1 fully saturated rings. The fourth-order valence-corrected chi connectivity index (χ4v) is 4.67. The van der Waals surface area contributed by atoms with Crippen molar-refractivity contribution in [2.75, 3.05) is 13.7 Å². The Morgan fingerprint density at radius 2 is 1.94 bits per heavy atom. The van der Waals surface area contributed by atoms with Crippen LogP contribution in [0, 0.1) is 18.6 Å². The number of piperidine rings is 1. The van der Waals surface area contributed by atoms with Gasteiger partial charge in [0.05, 0.1) is 30.9 Å². The van der Waals surface area contributed by atoms with Gasteiger partial charge in [0.15, 0.2) is 11.9 Å². The number of ether oxygens (including phenoxy) is 1. The Morgan fingerprint density at radius 3 is 2.65 bits per heavy atom. The summed E-state index contributed by atoms with van der Waals surface area (Å²) in [6, 6.07) is 9.37. The van der Waals surface area contributed by atoms with E-state index in [1.54, 1.807) is 13.4 Å².